The summed E-state index contributed by atoms with van der Waals surface area (Å²) in [5.41, 5.74) is 0.197. The van der Waals surface area contributed by atoms with E-state index in [2.05, 4.69) is 32.3 Å². The van der Waals surface area contributed by atoms with Gasteiger partial charge in [-0.05, 0) is 12.1 Å². The predicted octanol–water partition coefficient (Wildman–Crippen LogP) is 0.667. The van der Waals surface area contributed by atoms with E-state index in [0.717, 1.165) is 0 Å². The van der Waals surface area contributed by atoms with Gasteiger partial charge in [0.05, 0.1) is 0 Å². The topological polar surface area (TPSA) is 82.8 Å². The fraction of sp³-hybridized carbons (Fsp3) is 0.250. The Morgan fingerprint density at radius 2 is 2.27 bits per heavy atom. The molecular weight excluding hydrogens is 329 g/mol. The second-order valence-corrected chi connectivity index (χ2v) is 5.42. The average molecular weight is 337 g/mol. The Morgan fingerprint density at radius 3 is 2.73 bits per heavy atom. The number of halogens is 1. The van der Waals surface area contributed by atoms with E-state index in [4.69, 9.17) is 5.26 Å². The van der Waals surface area contributed by atoms with Crippen molar-refractivity contribution in [3.8, 4) is 6.07 Å². The lowest BCUT2D eigenvalue weighted by Gasteiger charge is -2.03. The highest BCUT2D eigenvalue weighted by Gasteiger charge is 2.12. The number of nitrogens with one attached hydrogen (secondary N) is 1. The van der Waals surface area contributed by atoms with E-state index in [9.17, 15) is 8.42 Å². The van der Waals surface area contributed by atoms with Gasteiger partial charge in [0.15, 0.2) is 0 Å². The van der Waals surface area contributed by atoms with E-state index >= 15 is 0 Å². The lowest BCUT2D eigenvalue weighted by Crippen LogP contribution is -2.25. The molecule has 1 N–H and O–H groups in total. The number of nitrogens with zero attached hydrogens (tertiary/aromatic N) is 2. The lowest BCUT2D eigenvalue weighted by atomic mass is 10.4. The molecule has 80 valence electrons. The first-order valence-corrected chi connectivity index (χ1v) is 7.03. The molecule has 1 heterocycles. The smallest absolute Gasteiger partial charge is 0.242 e. The van der Waals surface area contributed by atoms with Crippen molar-refractivity contribution < 1.29 is 8.42 Å². The number of alkyl halides is 1. The highest BCUT2D eigenvalue weighted by atomic mass is 127. The Morgan fingerprint density at radius 1 is 1.53 bits per heavy atom. The van der Waals surface area contributed by atoms with Crippen molar-refractivity contribution in [2.24, 2.45) is 0 Å². The molecule has 0 atom stereocenters. The summed E-state index contributed by atoms with van der Waals surface area (Å²) in [6.07, 6.45) is 1.17. The molecular formula is C8H8IN3O2S. The predicted molar refractivity (Wildman–Crippen MR) is 63.0 cm³/mol. The van der Waals surface area contributed by atoms with Crippen LogP contribution < -0.4 is 4.72 Å². The van der Waals surface area contributed by atoms with Crippen LogP contribution in [-0.2, 0) is 10.0 Å². The summed E-state index contributed by atoms with van der Waals surface area (Å²) in [5.74, 6) is 0. The van der Waals surface area contributed by atoms with Crippen molar-refractivity contribution in [3.63, 3.8) is 0 Å². The molecule has 0 radical (unpaired) electrons. The molecule has 0 spiro atoms. The molecule has 0 amide bonds. The van der Waals surface area contributed by atoms with Crippen molar-refractivity contribution in [3.05, 3.63) is 24.0 Å². The maximum atomic E-state index is 11.6. The minimum absolute atomic E-state index is 0.0753. The van der Waals surface area contributed by atoms with Gasteiger partial charge in [-0.25, -0.2) is 18.1 Å². The van der Waals surface area contributed by atoms with Crippen LogP contribution in [0, 0.1) is 11.3 Å². The quantitative estimate of drug-likeness (QED) is 0.647. The molecule has 15 heavy (non-hydrogen) atoms. The molecule has 1 rings (SSSR count). The summed E-state index contributed by atoms with van der Waals surface area (Å²) in [5, 5.41) is 8.49. The third-order valence-electron chi connectivity index (χ3n) is 1.55. The monoisotopic (exact) mass is 337 g/mol. The Bertz CT molecular complexity index is 464. The molecule has 0 aromatic carbocycles. The first-order chi connectivity index (χ1) is 7.10. The third-order valence-corrected chi connectivity index (χ3v) is 3.53. The molecule has 0 fully saturated rings. The zero-order chi connectivity index (χ0) is 11.3. The fourth-order valence-corrected chi connectivity index (χ4v) is 2.47. The number of sulfonamides is 1. The first-order valence-electron chi connectivity index (χ1n) is 4.02. The van der Waals surface area contributed by atoms with Gasteiger partial charge in [0.25, 0.3) is 0 Å². The van der Waals surface area contributed by atoms with E-state index < -0.39 is 10.0 Å². The number of hydrogen-bond acceptors (Lipinski definition) is 4. The molecule has 5 nitrogen and oxygen atoms in total. The summed E-state index contributed by atoms with van der Waals surface area (Å²) >= 11 is 2.07. The van der Waals surface area contributed by atoms with Gasteiger partial charge in [-0.3, -0.25) is 0 Å². The van der Waals surface area contributed by atoms with Crippen molar-refractivity contribution in [1.82, 2.24) is 9.71 Å². The van der Waals surface area contributed by atoms with Gasteiger partial charge >= 0.3 is 0 Å². The highest BCUT2D eigenvalue weighted by Crippen LogP contribution is 2.06. The number of aromatic nitrogens is 1. The van der Waals surface area contributed by atoms with E-state index in [0.29, 0.717) is 11.0 Å². The number of nitriles is 1. The van der Waals surface area contributed by atoms with Gasteiger partial charge in [-0.2, -0.15) is 5.26 Å². The summed E-state index contributed by atoms with van der Waals surface area (Å²) in [7, 11) is -3.47. The SMILES string of the molecule is N#Cc1ccc(S(=O)(=O)NCCI)cn1. The summed E-state index contributed by atoms with van der Waals surface area (Å²) < 4.78 is 26.2. The molecule has 1 aromatic rings. The summed E-state index contributed by atoms with van der Waals surface area (Å²) in [6, 6.07) is 4.56. The van der Waals surface area contributed by atoms with Crippen LogP contribution in [0.2, 0.25) is 0 Å². The zero-order valence-corrected chi connectivity index (χ0v) is 10.6. The summed E-state index contributed by atoms with van der Waals surface area (Å²) in [4.78, 5) is 3.76. The maximum Gasteiger partial charge on any atom is 0.242 e. The van der Waals surface area contributed by atoms with Crippen molar-refractivity contribution in [1.29, 1.82) is 5.26 Å². The van der Waals surface area contributed by atoms with Crippen molar-refractivity contribution >= 4 is 32.6 Å². The van der Waals surface area contributed by atoms with E-state index in [1.165, 1.54) is 18.3 Å². The average Bonchev–Trinajstić information content (AvgIpc) is 2.26. The summed E-state index contributed by atoms with van der Waals surface area (Å²) in [6.45, 7) is 0.378. The Hall–Kier alpha value is -0.720. The molecule has 0 saturated carbocycles. The van der Waals surface area contributed by atoms with Gasteiger partial charge in [0, 0.05) is 17.2 Å². The van der Waals surface area contributed by atoms with Crippen LogP contribution in [0.25, 0.3) is 0 Å². The first kappa shape index (κ1) is 12.4. The molecule has 0 aliphatic rings. The van der Waals surface area contributed by atoms with Crippen LogP contribution in [0.4, 0.5) is 0 Å². The number of rotatable bonds is 4. The minimum atomic E-state index is -3.47. The standard InChI is InChI=1S/C8H8IN3O2S/c9-3-4-12-15(13,14)8-2-1-7(5-10)11-6-8/h1-2,6,12H,3-4H2. The fourth-order valence-electron chi connectivity index (χ4n) is 0.862. The normalized spacial score (nSPS) is 10.9. The molecule has 1 aromatic heterocycles. The van der Waals surface area contributed by atoms with Crippen LogP contribution in [0.1, 0.15) is 5.69 Å². The largest absolute Gasteiger partial charge is 0.244 e. The lowest BCUT2D eigenvalue weighted by molar-refractivity contribution is 0.584. The minimum Gasteiger partial charge on any atom is -0.244 e. The molecule has 0 unspecified atom stereocenters. The van der Waals surface area contributed by atoms with Crippen LogP contribution in [0.3, 0.4) is 0 Å². The number of hydrogen-bond donors (Lipinski definition) is 1. The Labute approximate surface area is 102 Å². The van der Waals surface area contributed by atoms with Crippen LogP contribution in [-0.4, -0.2) is 24.4 Å². The molecule has 0 saturated heterocycles. The second-order valence-electron chi connectivity index (χ2n) is 2.58. The van der Waals surface area contributed by atoms with E-state index in [1.807, 2.05) is 6.07 Å². The van der Waals surface area contributed by atoms with Gasteiger partial charge in [0.1, 0.15) is 16.7 Å². The zero-order valence-electron chi connectivity index (χ0n) is 7.64. The Kier molecular flexibility index (Phi) is 4.44. The second kappa shape index (κ2) is 5.39. The maximum absolute atomic E-state index is 11.6. The van der Waals surface area contributed by atoms with Gasteiger partial charge in [0.2, 0.25) is 10.0 Å². The molecule has 7 heteroatoms. The van der Waals surface area contributed by atoms with Crippen LogP contribution in [0.5, 0.6) is 0 Å². The van der Waals surface area contributed by atoms with Crippen molar-refractivity contribution in [2.45, 2.75) is 4.90 Å². The number of pyridine rings is 1. The Balaban J connectivity index is 2.92. The van der Waals surface area contributed by atoms with Crippen LogP contribution in [0.15, 0.2) is 23.2 Å². The molecule has 0 bridgehead atoms. The highest BCUT2D eigenvalue weighted by molar-refractivity contribution is 14.1. The molecule has 0 aliphatic carbocycles. The van der Waals surface area contributed by atoms with Gasteiger partial charge in [-0.15, -0.1) is 0 Å². The van der Waals surface area contributed by atoms with Crippen LogP contribution >= 0.6 is 22.6 Å². The van der Waals surface area contributed by atoms with E-state index in [-0.39, 0.29) is 10.6 Å². The molecule has 0 aliphatic heterocycles. The van der Waals surface area contributed by atoms with Gasteiger partial charge in [-0.1, -0.05) is 22.6 Å². The third kappa shape index (κ3) is 3.40. The van der Waals surface area contributed by atoms with Crippen molar-refractivity contribution in [2.75, 3.05) is 11.0 Å². The van der Waals surface area contributed by atoms with Gasteiger partial charge < -0.3 is 0 Å². The van der Waals surface area contributed by atoms with E-state index in [1.54, 1.807) is 0 Å².